The number of hydrogen-bond donors (Lipinski definition) is 0. The lowest BCUT2D eigenvalue weighted by Gasteiger charge is -2.36. The van der Waals surface area contributed by atoms with Crippen molar-refractivity contribution in [3.8, 4) is 0 Å². The third kappa shape index (κ3) is 3.38. The van der Waals surface area contributed by atoms with Gasteiger partial charge in [-0.25, -0.2) is 0 Å². The van der Waals surface area contributed by atoms with Crippen LogP contribution in [0.3, 0.4) is 0 Å². The smallest absolute Gasteiger partial charge is 0.236 e. The van der Waals surface area contributed by atoms with Gasteiger partial charge in [0.15, 0.2) is 0 Å². The Morgan fingerprint density at radius 3 is 2.74 bits per heavy atom. The molecule has 0 aromatic rings. The summed E-state index contributed by atoms with van der Waals surface area (Å²) in [5.41, 5.74) is 2.44. The fourth-order valence-electron chi connectivity index (χ4n) is 2.37. The molecule has 1 unspecified atom stereocenters. The van der Waals surface area contributed by atoms with Crippen LogP contribution in [0.4, 0.5) is 0 Å². The van der Waals surface area contributed by atoms with Crippen LogP contribution in [-0.4, -0.2) is 12.4 Å². The molecular weight excluding hydrogens is 236 g/mol. The highest BCUT2D eigenvalue weighted by Crippen LogP contribution is 2.36. The number of rotatable bonds is 6. The van der Waals surface area contributed by atoms with Crippen LogP contribution in [-0.2, 0) is 9.47 Å². The van der Waals surface area contributed by atoms with Crippen LogP contribution in [0.2, 0.25) is 0 Å². The molecule has 2 rings (SSSR count). The Labute approximate surface area is 116 Å². The van der Waals surface area contributed by atoms with Crippen LogP contribution in [0.5, 0.6) is 0 Å². The number of allylic oxidation sites excluding steroid dienone is 5. The molecule has 0 heterocycles. The molecule has 0 bridgehead atoms. The zero-order valence-electron chi connectivity index (χ0n) is 12.2. The van der Waals surface area contributed by atoms with Gasteiger partial charge in [0.1, 0.15) is 5.76 Å². The summed E-state index contributed by atoms with van der Waals surface area (Å²) in [7, 11) is 0. The van der Waals surface area contributed by atoms with E-state index in [1.54, 1.807) is 0 Å². The first kappa shape index (κ1) is 14.1. The summed E-state index contributed by atoms with van der Waals surface area (Å²) in [4.78, 5) is 0. The third-order valence-electron chi connectivity index (χ3n) is 3.59. The quantitative estimate of drug-likeness (QED) is 0.511. The van der Waals surface area contributed by atoms with E-state index in [2.05, 4.69) is 45.1 Å². The summed E-state index contributed by atoms with van der Waals surface area (Å²) in [6, 6.07) is 0. The highest BCUT2D eigenvalue weighted by Gasteiger charge is 2.37. The minimum atomic E-state index is -0.602. The normalized spacial score (nSPS) is 25.9. The molecule has 104 valence electrons. The lowest BCUT2D eigenvalue weighted by molar-refractivity contribution is -0.185. The van der Waals surface area contributed by atoms with Crippen molar-refractivity contribution in [2.75, 3.05) is 6.61 Å². The van der Waals surface area contributed by atoms with Gasteiger partial charge in [0.25, 0.3) is 0 Å². The van der Waals surface area contributed by atoms with Crippen LogP contribution >= 0.6 is 0 Å². The maximum absolute atomic E-state index is 6.19. The zero-order valence-corrected chi connectivity index (χ0v) is 12.2. The van der Waals surface area contributed by atoms with Gasteiger partial charge in [0.2, 0.25) is 5.79 Å². The molecule has 2 aliphatic carbocycles. The summed E-state index contributed by atoms with van der Waals surface area (Å²) >= 11 is 0. The van der Waals surface area contributed by atoms with Crippen molar-refractivity contribution in [2.45, 2.75) is 52.2 Å². The molecule has 0 fully saturated rings. The Morgan fingerprint density at radius 2 is 2.11 bits per heavy atom. The van der Waals surface area contributed by atoms with E-state index in [1.165, 1.54) is 5.57 Å². The standard InChI is InChI=1S/C17H24O2/c1-4-5-12-18-17(19-16-8-6-7-9-16)11-10-14(2)13-15(17)3/h6,8-10,13H,4-5,7,11-12H2,1-3H3. The predicted molar refractivity (Wildman–Crippen MR) is 78.6 cm³/mol. The highest BCUT2D eigenvalue weighted by atomic mass is 16.7. The molecule has 0 saturated carbocycles. The first-order valence-electron chi connectivity index (χ1n) is 7.21. The van der Waals surface area contributed by atoms with Gasteiger partial charge >= 0.3 is 0 Å². The lowest BCUT2D eigenvalue weighted by Crippen LogP contribution is -2.38. The van der Waals surface area contributed by atoms with Gasteiger partial charge in [-0.3, -0.25) is 0 Å². The van der Waals surface area contributed by atoms with E-state index in [1.807, 2.05) is 6.08 Å². The Bertz CT molecular complexity index is 440. The van der Waals surface area contributed by atoms with Crippen LogP contribution in [0.15, 0.2) is 47.3 Å². The Kier molecular flexibility index (Phi) is 4.65. The van der Waals surface area contributed by atoms with Crippen molar-refractivity contribution in [3.63, 3.8) is 0 Å². The zero-order chi connectivity index (χ0) is 13.7. The van der Waals surface area contributed by atoms with E-state index in [-0.39, 0.29) is 0 Å². The SMILES string of the molecule is CCCCOC1(OC2=CCC=C2)CC=C(C)C=C1C. The highest BCUT2D eigenvalue weighted by molar-refractivity contribution is 5.32. The van der Waals surface area contributed by atoms with Crippen molar-refractivity contribution in [1.29, 1.82) is 0 Å². The fraction of sp³-hybridized carbons (Fsp3) is 0.529. The lowest BCUT2D eigenvalue weighted by atomic mass is 9.94. The van der Waals surface area contributed by atoms with Crippen LogP contribution in [0, 0.1) is 0 Å². The Hall–Kier alpha value is -1.28. The summed E-state index contributed by atoms with van der Waals surface area (Å²) in [6.07, 6.45) is 14.5. The van der Waals surface area contributed by atoms with Gasteiger partial charge in [-0.15, -0.1) is 0 Å². The average Bonchev–Trinajstić information content (AvgIpc) is 2.87. The van der Waals surface area contributed by atoms with Crippen LogP contribution < -0.4 is 0 Å². The molecule has 0 aromatic heterocycles. The van der Waals surface area contributed by atoms with Gasteiger partial charge in [-0.1, -0.05) is 37.1 Å². The van der Waals surface area contributed by atoms with E-state index in [9.17, 15) is 0 Å². The second kappa shape index (κ2) is 6.25. The summed E-state index contributed by atoms with van der Waals surface area (Å²) in [6.45, 7) is 7.13. The Morgan fingerprint density at radius 1 is 1.26 bits per heavy atom. The van der Waals surface area contributed by atoms with Crippen molar-refractivity contribution in [2.24, 2.45) is 0 Å². The van der Waals surface area contributed by atoms with Crippen LogP contribution in [0.1, 0.15) is 46.5 Å². The monoisotopic (exact) mass is 260 g/mol. The van der Waals surface area contributed by atoms with E-state index in [0.717, 1.165) is 43.6 Å². The van der Waals surface area contributed by atoms with E-state index >= 15 is 0 Å². The molecule has 2 heteroatoms. The minimum absolute atomic E-state index is 0.602. The summed E-state index contributed by atoms with van der Waals surface area (Å²) in [5.74, 6) is 0.326. The molecule has 19 heavy (non-hydrogen) atoms. The molecule has 2 aliphatic rings. The summed E-state index contributed by atoms with van der Waals surface area (Å²) < 4.78 is 12.3. The largest absolute Gasteiger partial charge is 0.458 e. The number of ether oxygens (including phenoxy) is 2. The molecule has 0 saturated heterocycles. The Balaban J connectivity index is 2.13. The topological polar surface area (TPSA) is 18.5 Å². The molecule has 0 amide bonds. The maximum Gasteiger partial charge on any atom is 0.236 e. The van der Waals surface area contributed by atoms with E-state index in [0.29, 0.717) is 0 Å². The molecule has 0 spiro atoms. The van der Waals surface area contributed by atoms with E-state index < -0.39 is 5.79 Å². The molecule has 1 atom stereocenters. The molecule has 0 N–H and O–H groups in total. The second-order valence-electron chi connectivity index (χ2n) is 5.28. The molecule has 0 radical (unpaired) electrons. The van der Waals surface area contributed by atoms with Crippen molar-refractivity contribution < 1.29 is 9.47 Å². The fourth-order valence-corrected chi connectivity index (χ4v) is 2.37. The van der Waals surface area contributed by atoms with Gasteiger partial charge < -0.3 is 9.47 Å². The first-order valence-corrected chi connectivity index (χ1v) is 7.21. The summed E-state index contributed by atoms with van der Waals surface area (Å²) in [5, 5.41) is 0. The van der Waals surface area contributed by atoms with Gasteiger partial charge in [-0.2, -0.15) is 0 Å². The molecule has 2 nitrogen and oxygen atoms in total. The third-order valence-corrected chi connectivity index (χ3v) is 3.59. The average molecular weight is 260 g/mol. The molecular formula is C17H24O2. The number of hydrogen-bond acceptors (Lipinski definition) is 2. The first-order chi connectivity index (χ1) is 9.16. The second-order valence-corrected chi connectivity index (χ2v) is 5.28. The van der Waals surface area contributed by atoms with Crippen molar-refractivity contribution >= 4 is 0 Å². The van der Waals surface area contributed by atoms with Crippen LogP contribution in [0.25, 0.3) is 0 Å². The molecule has 0 aliphatic heterocycles. The molecule has 0 aromatic carbocycles. The van der Waals surface area contributed by atoms with E-state index in [4.69, 9.17) is 9.47 Å². The van der Waals surface area contributed by atoms with Gasteiger partial charge in [-0.05, 0) is 44.4 Å². The number of unbranched alkanes of at least 4 members (excludes halogenated alkanes) is 1. The van der Waals surface area contributed by atoms with Gasteiger partial charge in [0, 0.05) is 6.42 Å². The van der Waals surface area contributed by atoms with Crippen molar-refractivity contribution in [1.82, 2.24) is 0 Å². The predicted octanol–water partition coefficient (Wildman–Crippen LogP) is 4.66. The minimum Gasteiger partial charge on any atom is -0.458 e. The maximum atomic E-state index is 6.19. The van der Waals surface area contributed by atoms with Gasteiger partial charge in [0.05, 0.1) is 6.61 Å². The van der Waals surface area contributed by atoms with Crippen molar-refractivity contribution in [3.05, 3.63) is 47.3 Å².